The van der Waals surface area contributed by atoms with E-state index >= 15 is 0 Å². The molecule has 0 amide bonds. The van der Waals surface area contributed by atoms with Gasteiger partial charge >= 0.3 is 12.1 Å². The molecule has 1 unspecified atom stereocenters. The minimum atomic E-state index is -4.91. The number of aliphatic carboxylic acids is 1. The maximum atomic E-state index is 12.5. The second kappa shape index (κ2) is 4.79. The molecule has 0 bridgehead atoms. The minimum Gasteiger partial charge on any atom is -0.481 e. The Hall–Kier alpha value is -1.86. The third-order valence-corrected chi connectivity index (χ3v) is 2.39. The summed E-state index contributed by atoms with van der Waals surface area (Å²) in [7, 11) is 0. The van der Waals surface area contributed by atoms with Crippen LogP contribution >= 0.6 is 0 Å². The summed E-state index contributed by atoms with van der Waals surface area (Å²) in [4.78, 5) is 25.9. The molecule has 1 aromatic rings. The van der Waals surface area contributed by atoms with Crippen molar-refractivity contribution in [2.75, 3.05) is 0 Å². The van der Waals surface area contributed by atoms with Gasteiger partial charge in [-0.25, -0.2) is 4.98 Å². The fourth-order valence-electron chi connectivity index (χ4n) is 1.49. The van der Waals surface area contributed by atoms with Crippen LogP contribution in [0.25, 0.3) is 0 Å². The maximum Gasteiger partial charge on any atom is 0.403 e. The van der Waals surface area contributed by atoms with E-state index in [1.165, 1.54) is 13.8 Å². The van der Waals surface area contributed by atoms with Gasteiger partial charge in [-0.15, -0.1) is 0 Å². The van der Waals surface area contributed by atoms with Gasteiger partial charge in [0.2, 0.25) is 0 Å². The highest BCUT2D eigenvalue weighted by atomic mass is 19.4. The molecule has 0 aliphatic heterocycles. The lowest BCUT2D eigenvalue weighted by Gasteiger charge is -2.18. The van der Waals surface area contributed by atoms with Crippen LogP contribution in [0.2, 0.25) is 0 Å². The van der Waals surface area contributed by atoms with Crippen molar-refractivity contribution in [1.29, 1.82) is 0 Å². The van der Waals surface area contributed by atoms with Crippen LogP contribution in [0.4, 0.5) is 13.2 Å². The van der Waals surface area contributed by atoms with Gasteiger partial charge in [0.1, 0.15) is 5.82 Å². The first-order valence-electron chi connectivity index (χ1n) is 4.97. The monoisotopic (exact) mass is 264 g/mol. The molecule has 0 spiro atoms. The van der Waals surface area contributed by atoms with E-state index in [-0.39, 0.29) is 5.82 Å². The van der Waals surface area contributed by atoms with Crippen LogP contribution in [0, 0.1) is 19.8 Å². The molecule has 0 radical (unpaired) electrons. The van der Waals surface area contributed by atoms with Gasteiger partial charge in [0.05, 0.1) is 0 Å². The number of carboxylic acids is 1. The van der Waals surface area contributed by atoms with E-state index in [0.717, 1.165) is 6.07 Å². The van der Waals surface area contributed by atoms with E-state index in [2.05, 4.69) is 4.98 Å². The lowest BCUT2D eigenvalue weighted by atomic mass is 10.1. The molecule has 0 aliphatic carbocycles. The zero-order valence-electron chi connectivity index (χ0n) is 9.65. The number of nitrogens with zero attached hydrogens (tertiary/aromatic N) is 2. The molecule has 5 nitrogen and oxygen atoms in total. The van der Waals surface area contributed by atoms with Crippen LogP contribution < -0.4 is 5.56 Å². The van der Waals surface area contributed by atoms with Crippen molar-refractivity contribution in [3.05, 3.63) is 27.9 Å². The minimum absolute atomic E-state index is 0.0514. The highest BCUT2D eigenvalue weighted by Crippen LogP contribution is 2.27. The molecule has 8 heteroatoms. The van der Waals surface area contributed by atoms with Gasteiger partial charge in [-0.05, 0) is 13.8 Å². The molecule has 0 saturated heterocycles. The van der Waals surface area contributed by atoms with Gasteiger partial charge in [0, 0.05) is 18.3 Å². The first kappa shape index (κ1) is 14.2. The largest absolute Gasteiger partial charge is 0.481 e. The SMILES string of the molecule is Cc1cc(=O)n(CC(C(=O)O)C(F)(F)F)c(C)n1. The lowest BCUT2D eigenvalue weighted by Crippen LogP contribution is -2.38. The average Bonchev–Trinajstić information content (AvgIpc) is 2.12. The Labute approximate surface area is 99.9 Å². The van der Waals surface area contributed by atoms with Crippen LogP contribution in [-0.4, -0.2) is 26.8 Å². The normalized spacial score (nSPS) is 13.4. The molecule has 0 fully saturated rings. The van der Waals surface area contributed by atoms with Crippen LogP contribution in [-0.2, 0) is 11.3 Å². The van der Waals surface area contributed by atoms with Crippen LogP contribution in [0.5, 0.6) is 0 Å². The highest BCUT2D eigenvalue weighted by molar-refractivity contribution is 5.70. The highest BCUT2D eigenvalue weighted by Gasteiger charge is 2.45. The molecule has 1 rings (SSSR count). The van der Waals surface area contributed by atoms with Gasteiger partial charge in [-0.2, -0.15) is 13.2 Å². The van der Waals surface area contributed by atoms with E-state index in [4.69, 9.17) is 5.11 Å². The summed E-state index contributed by atoms with van der Waals surface area (Å²) in [6.07, 6.45) is -4.91. The second-order valence-corrected chi connectivity index (χ2v) is 3.83. The third kappa shape index (κ3) is 3.08. The maximum absolute atomic E-state index is 12.5. The Kier molecular flexibility index (Phi) is 3.78. The number of aryl methyl sites for hydroxylation is 2. The van der Waals surface area contributed by atoms with E-state index in [0.29, 0.717) is 10.3 Å². The van der Waals surface area contributed by atoms with Crippen molar-refractivity contribution in [3.63, 3.8) is 0 Å². The number of rotatable bonds is 3. The first-order valence-corrected chi connectivity index (χ1v) is 4.97. The Balaban J connectivity index is 3.18. The van der Waals surface area contributed by atoms with E-state index in [1.807, 2.05) is 0 Å². The number of aromatic nitrogens is 2. The molecule has 1 heterocycles. The van der Waals surface area contributed by atoms with Crippen LogP contribution in [0.1, 0.15) is 11.5 Å². The Morgan fingerprint density at radius 3 is 2.44 bits per heavy atom. The number of alkyl halides is 3. The molecule has 18 heavy (non-hydrogen) atoms. The molecule has 0 saturated carbocycles. The molecular weight excluding hydrogens is 253 g/mol. The summed E-state index contributed by atoms with van der Waals surface area (Å²) >= 11 is 0. The van der Waals surface area contributed by atoms with Crippen molar-refractivity contribution in [3.8, 4) is 0 Å². The predicted octanol–water partition coefficient (Wildman–Crippen LogP) is 1.12. The van der Waals surface area contributed by atoms with Crippen LogP contribution in [0.15, 0.2) is 10.9 Å². The third-order valence-electron chi connectivity index (χ3n) is 2.39. The summed E-state index contributed by atoms with van der Waals surface area (Å²) < 4.78 is 38.2. The number of halogens is 3. The van der Waals surface area contributed by atoms with Gasteiger partial charge in [0.25, 0.3) is 5.56 Å². The zero-order valence-corrected chi connectivity index (χ0v) is 9.65. The predicted molar refractivity (Wildman–Crippen MR) is 55.2 cm³/mol. The topological polar surface area (TPSA) is 72.2 Å². The summed E-state index contributed by atoms with van der Waals surface area (Å²) in [5, 5.41) is 8.55. The standard InChI is InChI=1S/C10H11F3N2O3/c1-5-3-8(16)15(6(2)14-5)4-7(9(17)18)10(11,12)13/h3,7H,4H2,1-2H3,(H,17,18). The second-order valence-electron chi connectivity index (χ2n) is 3.83. The summed E-state index contributed by atoms with van der Waals surface area (Å²) in [5.41, 5.74) is -0.330. The fourth-order valence-corrected chi connectivity index (χ4v) is 1.49. The quantitative estimate of drug-likeness (QED) is 0.888. The average molecular weight is 264 g/mol. The number of hydrogen-bond acceptors (Lipinski definition) is 3. The molecule has 0 aromatic carbocycles. The first-order chi connectivity index (χ1) is 8.12. The smallest absolute Gasteiger partial charge is 0.403 e. The van der Waals surface area contributed by atoms with Crippen molar-refractivity contribution in [2.45, 2.75) is 26.6 Å². The lowest BCUT2D eigenvalue weighted by molar-refractivity contribution is -0.196. The van der Waals surface area contributed by atoms with Gasteiger partial charge in [0.15, 0.2) is 5.92 Å². The number of carbonyl (C=O) groups is 1. The van der Waals surface area contributed by atoms with Crippen molar-refractivity contribution < 1.29 is 23.1 Å². The van der Waals surface area contributed by atoms with Gasteiger partial charge in [-0.1, -0.05) is 0 Å². The zero-order chi connectivity index (χ0) is 14.1. The van der Waals surface area contributed by atoms with Gasteiger partial charge < -0.3 is 5.11 Å². The van der Waals surface area contributed by atoms with Crippen LogP contribution in [0.3, 0.4) is 0 Å². The van der Waals surface area contributed by atoms with E-state index in [1.54, 1.807) is 0 Å². The summed E-state index contributed by atoms with van der Waals surface area (Å²) in [5.74, 6) is -4.59. The van der Waals surface area contributed by atoms with Crippen molar-refractivity contribution in [1.82, 2.24) is 9.55 Å². The summed E-state index contributed by atoms with van der Waals surface area (Å²) in [6.45, 7) is 1.90. The Bertz CT molecular complexity index is 522. The van der Waals surface area contributed by atoms with Gasteiger partial charge in [-0.3, -0.25) is 14.2 Å². The molecular formula is C10H11F3N2O3. The molecule has 1 aromatic heterocycles. The van der Waals surface area contributed by atoms with Crippen molar-refractivity contribution in [2.24, 2.45) is 5.92 Å². The fraction of sp³-hybridized carbons (Fsp3) is 0.500. The van der Waals surface area contributed by atoms with E-state index in [9.17, 15) is 22.8 Å². The molecule has 0 aliphatic rings. The van der Waals surface area contributed by atoms with Crippen molar-refractivity contribution >= 4 is 5.97 Å². The number of hydrogen-bond donors (Lipinski definition) is 1. The Morgan fingerprint density at radius 1 is 1.50 bits per heavy atom. The summed E-state index contributed by atoms with van der Waals surface area (Å²) in [6, 6.07) is 1.06. The Morgan fingerprint density at radius 2 is 2.06 bits per heavy atom. The molecule has 100 valence electrons. The molecule has 1 N–H and O–H groups in total. The van der Waals surface area contributed by atoms with E-state index < -0.39 is 30.2 Å². The molecule has 1 atom stereocenters. The number of carboxylic acid groups (broad SMARTS) is 1.